The number of phenols is 4. The molecule has 0 saturated carbocycles. The number of nitroso groups, excluding NO2 is 2. The minimum absolute atomic E-state index is 0.0682. The highest BCUT2D eigenvalue weighted by Crippen LogP contribution is 2.29. The van der Waals surface area contributed by atoms with Gasteiger partial charge in [-0.25, -0.2) is 0 Å². The van der Waals surface area contributed by atoms with Gasteiger partial charge in [-0.15, -0.1) is 9.81 Å². The Labute approximate surface area is 196 Å². The maximum atomic E-state index is 11.1. The SMILES string of the molecule is O=NN(CCCCCCN(CC(O)c1ccc(O)c(O)c1)N=O)CC(O)c1ccc(O)c(O)c1. The molecule has 0 aliphatic heterocycles. The zero-order valence-electron chi connectivity index (χ0n) is 18.6. The van der Waals surface area contributed by atoms with Gasteiger partial charge in [-0.1, -0.05) is 25.0 Å². The van der Waals surface area contributed by atoms with Crippen LogP contribution < -0.4 is 0 Å². The summed E-state index contributed by atoms with van der Waals surface area (Å²) < 4.78 is 0. The summed E-state index contributed by atoms with van der Waals surface area (Å²) in [4.78, 5) is 22.1. The normalized spacial score (nSPS) is 12.6. The number of aliphatic hydroxyl groups is 2. The molecule has 2 aromatic carbocycles. The van der Waals surface area contributed by atoms with Crippen LogP contribution in [0.4, 0.5) is 0 Å². The van der Waals surface area contributed by atoms with Crippen molar-refractivity contribution >= 4 is 0 Å². The molecule has 0 aliphatic rings. The molecule has 2 aromatic rings. The van der Waals surface area contributed by atoms with Crippen molar-refractivity contribution in [3.8, 4) is 23.0 Å². The molecule has 2 rings (SSSR count). The van der Waals surface area contributed by atoms with Crippen LogP contribution in [0, 0.1) is 9.81 Å². The highest BCUT2D eigenvalue weighted by atomic mass is 16.3. The maximum Gasteiger partial charge on any atom is 0.157 e. The number of rotatable bonds is 15. The van der Waals surface area contributed by atoms with Gasteiger partial charge in [0.05, 0.1) is 35.9 Å². The van der Waals surface area contributed by atoms with Crippen molar-refractivity contribution in [1.29, 1.82) is 0 Å². The smallest absolute Gasteiger partial charge is 0.157 e. The largest absolute Gasteiger partial charge is 0.504 e. The van der Waals surface area contributed by atoms with Crippen LogP contribution in [0.1, 0.15) is 49.0 Å². The molecular formula is C22H30N4O8. The Balaban J connectivity index is 1.68. The molecular weight excluding hydrogens is 448 g/mol. The lowest BCUT2D eigenvalue weighted by Gasteiger charge is -2.20. The van der Waals surface area contributed by atoms with E-state index in [9.17, 15) is 40.5 Å². The summed E-state index contributed by atoms with van der Waals surface area (Å²) in [6.45, 7) is 0.481. The van der Waals surface area contributed by atoms with Crippen LogP contribution >= 0.6 is 0 Å². The molecule has 2 atom stereocenters. The fourth-order valence-corrected chi connectivity index (χ4v) is 3.38. The number of aliphatic hydroxyl groups excluding tert-OH is 2. The van der Waals surface area contributed by atoms with E-state index in [0.29, 0.717) is 37.1 Å². The van der Waals surface area contributed by atoms with Gasteiger partial charge < -0.3 is 30.6 Å². The van der Waals surface area contributed by atoms with Crippen molar-refractivity contribution in [2.45, 2.75) is 37.9 Å². The first-order valence-electron chi connectivity index (χ1n) is 10.8. The maximum absolute atomic E-state index is 11.1. The number of aromatic hydroxyl groups is 4. The predicted molar refractivity (Wildman–Crippen MR) is 123 cm³/mol. The molecule has 12 heteroatoms. The molecule has 6 N–H and O–H groups in total. The number of hydrogen-bond acceptors (Lipinski definition) is 10. The Bertz CT molecular complexity index is 870. The van der Waals surface area contributed by atoms with E-state index in [1.54, 1.807) is 0 Å². The summed E-state index contributed by atoms with van der Waals surface area (Å²) >= 11 is 0. The lowest BCUT2D eigenvalue weighted by Crippen LogP contribution is -2.25. The molecule has 0 heterocycles. The van der Waals surface area contributed by atoms with Crippen LogP contribution in [0.15, 0.2) is 47.0 Å². The third kappa shape index (κ3) is 8.05. The lowest BCUT2D eigenvalue weighted by molar-refractivity contribution is 0.110. The Morgan fingerprint density at radius 3 is 1.32 bits per heavy atom. The van der Waals surface area contributed by atoms with Crippen LogP contribution in [-0.2, 0) is 0 Å². The molecule has 0 radical (unpaired) electrons. The van der Waals surface area contributed by atoms with Crippen LogP contribution in [0.5, 0.6) is 23.0 Å². The number of hydrogen-bond donors (Lipinski definition) is 6. The van der Waals surface area contributed by atoms with E-state index in [0.717, 1.165) is 12.8 Å². The molecule has 2 unspecified atom stereocenters. The summed E-state index contributed by atoms with van der Waals surface area (Å²) in [5.41, 5.74) is 0.685. The molecule has 0 saturated heterocycles. The summed E-state index contributed by atoms with van der Waals surface area (Å²) in [5.74, 6) is -1.35. The third-order valence-corrected chi connectivity index (χ3v) is 5.35. The van der Waals surface area contributed by atoms with Crippen LogP contribution in [0.2, 0.25) is 0 Å². The fourth-order valence-electron chi connectivity index (χ4n) is 3.38. The first-order valence-corrected chi connectivity index (χ1v) is 10.8. The standard InChI is InChI=1S/C22H30N4O8/c27-17-7-5-15(11-19(17)29)21(31)13-25(23-33)9-3-1-2-4-10-26(24-34)14-22(32)16-6-8-18(28)20(30)12-16/h5-8,11-12,21-22,27-32H,1-4,9-10,13-14H2. The van der Waals surface area contributed by atoms with E-state index in [2.05, 4.69) is 10.6 Å². The minimum atomic E-state index is -1.07. The zero-order chi connectivity index (χ0) is 25.1. The second-order valence-corrected chi connectivity index (χ2v) is 7.93. The molecule has 0 fully saturated rings. The van der Waals surface area contributed by atoms with E-state index in [-0.39, 0.29) is 36.1 Å². The Kier molecular flexibility index (Phi) is 10.3. The van der Waals surface area contributed by atoms with Gasteiger partial charge in [-0.3, -0.25) is 10.0 Å². The highest BCUT2D eigenvalue weighted by Gasteiger charge is 2.16. The van der Waals surface area contributed by atoms with E-state index in [1.807, 2.05) is 0 Å². The van der Waals surface area contributed by atoms with Gasteiger partial charge in [0.1, 0.15) is 0 Å². The molecule has 186 valence electrons. The summed E-state index contributed by atoms with van der Waals surface area (Å²) in [5, 5.41) is 66.4. The summed E-state index contributed by atoms with van der Waals surface area (Å²) in [6.07, 6.45) is 0.537. The van der Waals surface area contributed by atoms with E-state index >= 15 is 0 Å². The Morgan fingerprint density at radius 1 is 0.618 bits per heavy atom. The molecule has 34 heavy (non-hydrogen) atoms. The van der Waals surface area contributed by atoms with Gasteiger partial charge in [0.25, 0.3) is 0 Å². The molecule has 0 amide bonds. The van der Waals surface area contributed by atoms with Crippen LogP contribution in [0.3, 0.4) is 0 Å². The predicted octanol–water partition coefficient (Wildman–Crippen LogP) is 2.80. The average Bonchev–Trinajstić information content (AvgIpc) is 2.82. The molecule has 0 bridgehead atoms. The second-order valence-electron chi connectivity index (χ2n) is 7.93. The van der Waals surface area contributed by atoms with Crippen LogP contribution in [0.25, 0.3) is 0 Å². The van der Waals surface area contributed by atoms with Crippen molar-refractivity contribution in [2.75, 3.05) is 26.2 Å². The fraction of sp³-hybridized carbons (Fsp3) is 0.455. The number of nitrogens with zero attached hydrogens (tertiary/aromatic N) is 4. The zero-order valence-corrected chi connectivity index (χ0v) is 18.6. The van der Waals surface area contributed by atoms with Crippen LogP contribution in [-0.4, -0.2) is 66.8 Å². The van der Waals surface area contributed by atoms with Gasteiger partial charge in [0.2, 0.25) is 0 Å². The quantitative estimate of drug-likeness (QED) is 0.0961. The van der Waals surface area contributed by atoms with Crippen molar-refractivity contribution < 1.29 is 30.6 Å². The Hall–Kier alpha value is -3.64. The van der Waals surface area contributed by atoms with Crippen molar-refractivity contribution in [2.24, 2.45) is 10.6 Å². The molecule has 0 aliphatic carbocycles. The van der Waals surface area contributed by atoms with Gasteiger partial charge >= 0.3 is 0 Å². The van der Waals surface area contributed by atoms with E-state index in [1.165, 1.54) is 46.4 Å². The lowest BCUT2D eigenvalue weighted by atomic mass is 10.1. The molecule has 0 spiro atoms. The summed E-state index contributed by atoms with van der Waals surface area (Å²) in [7, 11) is 0. The van der Waals surface area contributed by atoms with Gasteiger partial charge in [0.15, 0.2) is 23.0 Å². The Morgan fingerprint density at radius 2 is 1.00 bits per heavy atom. The number of benzene rings is 2. The van der Waals surface area contributed by atoms with Crippen molar-refractivity contribution in [3.63, 3.8) is 0 Å². The van der Waals surface area contributed by atoms with E-state index in [4.69, 9.17) is 0 Å². The number of unbranched alkanes of at least 4 members (excludes halogenated alkanes) is 3. The average molecular weight is 479 g/mol. The van der Waals surface area contributed by atoms with Gasteiger partial charge in [-0.05, 0) is 48.2 Å². The molecule has 12 nitrogen and oxygen atoms in total. The molecule has 0 aromatic heterocycles. The number of phenolic OH excluding ortho intramolecular Hbond substituents is 4. The topological polar surface area (TPSA) is 187 Å². The monoisotopic (exact) mass is 478 g/mol. The van der Waals surface area contributed by atoms with Gasteiger partial charge in [0, 0.05) is 13.1 Å². The third-order valence-electron chi connectivity index (χ3n) is 5.35. The first-order chi connectivity index (χ1) is 16.2. The highest BCUT2D eigenvalue weighted by molar-refractivity contribution is 5.42. The second kappa shape index (κ2) is 13.2. The van der Waals surface area contributed by atoms with Crippen molar-refractivity contribution in [1.82, 2.24) is 10.0 Å². The minimum Gasteiger partial charge on any atom is -0.504 e. The van der Waals surface area contributed by atoms with E-state index < -0.39 is 12.2 Å². The summed E-state index contributed by atoms with van der Waals surface area (Å²) in [6, 6.07) is 7.82. The first kappa shape index (κ1) is 26.6. The van der Waals surface area contributed by atoms with Crippen molar-refractivity contribution in [3.05, 3.63) is 57.3 Å². The van der Waals surface area contributed by atoms with Gasteiger partial charge in [-0.2, -0.15) is 0 Å².